The van der Waals surface area contributed by atoms with Gasteiger partial charge >= 0.3 is 0 Å². The molecule has 1 aromatic heterocycles. The minimum absolute atomic E-state index is 0.411. The molecule has 1 aromatic carbocycles. The van der Waals surface area contributed by atoms with Crippen LogP contribution in [-0.4, -0.2) is 4.98 Å². The molecule has 0 fully saturated rings. The van der Waals surface area contributed by atoms with Crippen molar-refractivity contribution in [2.75, 3.05) is 5.32 Å². The molecule has 2 nitrogen and oxygen atoms in total. The Bertz CT molecular complexity index is 472. The maximum absolute atomic E-state index is 12.9. The van der Waals surface area contributed by atoms with E-state index in [2.05, 4.69) is 10.3 Å². The van der Waals surface area contributed by atoms with Gasteiger partial charge in [0.25, 0.3) is 0 Å². The van der Waals surface area contributed by atoms with Gasteiger partial charge in [0.15, 0.2) is 11.6 Å². The molecule has 0 aliphatic rings. The maximum Gasteiger partial charge on any atom is 0.159 e. The molecule has 0 atom stereocenters. The number of hydrogen-bond donors (Lipinski definition) is 1. The molecule has 2 aromatic rings. The van der Waals surface area contributed by atoms with Crippen LogP contribution < -0.4 is 5.32 Å². The summed E-state index contributed by atoms with van der Waals surface area (Å²) in [6.07, 6.45) is 1.66. The molecule has 4 heteroatoms. The Balaban J connectivity index is 2.03. The summed E-state index contributed by atoms with van der Waals surface area (Å²) < 4.78 is 25.5. The summed E-state index contributed by atoms with van der Waals surface area (Å²) in [5.74, 6) is -0.964. The highest BCUT2D eigenvalue weighted by atomic mass is 19.2. The number of hydrogen-bond acceptors (Lipinski definition) is 2. The number of nitrogens with zero attached hydrogens (tertiary/aromatic N) is 1. The number of benzene rings is 1. The number of anilines is 1. The van der Waals surface area contributed by atoms with Gasteiger partial charge in [0.05, 0.1) is 0 Å². The van der Waals surface area contributed by atoms with Crippen molar-refractivity contribution in [1.82, 2.24) is 4.98 Å². The van der Waals surface area contributed by atoms with Gasteiger partial charge in [-0.25, -0.2) is 13.8 Å². The first kappa shape index (κ1) is 10.5. The van der Waals surface area contributed by atoms with Crippen LogP contribution in [0.15, 0.2) is 42.6 Å². The molecule has 0 saturated carbocycles. The molecule has 0 unspecified atom stereocenters. The summed E-state index contributed by atoms with van der Waals surface area (Å²) in [5.41, 5.74) is 0.671. The fraction of sp³-hybridized carbons (Fsp3) is 0.0833. The molecule has 1 heterocycles. The molecule has 0 radical (unpaired) electrons. The third kappa shape index (κ3) is 2.53. The number of aromatic nitrogens is 1. The summed E-state index contributed by atoms with van der Waals surface area (Å²) in [5, 5.41) is 3.01. The molecular weight excluding hydrogens is 210 g/mol. The lowest BCUT2D eigenvalue weighted by atomic mass is 10.2. The third-order valence-corrected chi connectivity index (χ3v) is 2.12. The lowest BCUT2D eigenvalue weighted by molar-refractivity contribution is 0.507. The highest BCUT2D eigenvalue weighted by molar-refractivity contribution is 5.34. The minimum atomic E-state index is -0.833. The van der Waals surface area contributed by atoms with Gasteiger partial charge in [-0.15, -0.1) is 0 Å². The van der Waals surface area contributed by atoms with Crippen molar-refractivity contribution in [2.45, 2.75) is 6.54 Å². The monoisotopic (exact) mass is 220 g/mol. The molecule has 0 amide bonds. The molecule has 0 aliphatic heterocycles. The van der Waals surface area contributed by atoms with E-state index in [1.54, 1.807) is 12.3 Å². The summed E-state index contributed by atoms with van der Waals surface area (Å²) in [4.78, 5) is 4.05. The van der Waals surface area contributed by atoms with Crippen molar-refractivity contribution in [1.29, 1.82) is 0 Å². The minimum Gasteiger partial charge on any atom is -0.366 e. The summed E-state index contributed by atoms with van der Waals surface area (Å²) in [7, 11) is 0. The van der Waals surface area contributed by atoms with Crippen molar-refractivity contribution in [3.8, 4) is 0 Å². The average molecular weight is 220 g/mol. The second-order valence-corrected chi connectivity index (χ2v) is 3.32. The van der Waals surface area contributed by atoms with Crippen LogP contribution in [0.5, 0.6) is 0 Å². The van der Waals surface area contributed by atoms with Crippen LogP contribution in [-0.2, 0) is 6.54 Å². The van der Waals surface area contributed by atoms with Crippen molar-refractivity contribution in [3.05, 3.63) is 59.8 Å². The van der Waals surface area contributed by atoms with Crippen LogP contribution in [0.3, 0.4) is 0 Å². The third-order valence-electron chi connectivity index (χ3n) is 2.12. The molecule has 16 heavy (non-hydrogen) atoms. The van der Waals surface area contributed by atoms with Crippen LogP contribution in [0, 0.1) is 11.6 Å². The van der Waals surface area contributed by atoms with E-state index in [9.17, 15) is 8.78 Å². The second-order valence-electron chi connectivity index (χ2n) is 3.32. The summed E-state index contributed by atoms with van der Waals surface area (Å²) >= 11 is 0. The van der Waals surface area contributed by atoms with E-state index in [0.717, 1.165) is 6.07 Å². The maximum atomic E-state index is 12.9. The smallest absolute Gasteiger partial charge is 0.159 e. The van der Waals surface area contributed by atoms with E-state index in [1.165, 1.54) is 12.1 Å². The van der Waals surface area contributed by atoms with Gasteiger partial charge in [-0.3, -0.25) is 0 Å². The number of pyridine rings is 1. The zero-order valence-corrected chi connectivity index (χ0v) is 8.45. The average Bonchev–Trinajstić information content (AvgIpc) is 2.32. The Hall–Kier alpha value is -1.97. The number of halogens is 2. The van der Waals surface area contributed by atoms with E-state index >= 15 is 0 Å². The largest absolute Gasteiger partial charge is 0.366 e. The van der Waals surface area contributed by atoms with Gasteiger partial charge in [-0.1, -0.05) is 12.1 Å². The molecule has 0 spiro atoms. The van der Waals surface area contributed by atoms with Gasteiger partial charge < -0.3 is 5.32 Å². The molecule has 0 aliphatic carbocycles. The molecule has 2 rings (SSSR count). The van der Waals surface area contributed by atoms with E-state index in [0.29, 0.717) is 17.9 Å². The van der Waals surface area contributed by atoms with Crippen molar-refractivity contribution >= 4 is 5.82 Å². The second kappa shape index (κ2) is 4.70. The van der Waals surface area contributed by atoms with Gasteiger partial charge in [-0.05, 0) is 29.8 Å². The quantitative estimate of drug-likeness (QED) is 0.860. The molecular formula is C12H10F2N2. The van der Waals surface area contributed by atoms with Crippen molar-refractivity contribution in [2.24, 2.45) is 0 Å². The van der Waals surface area contributed by atoms with E-state index < -0.39 is 11.6 Å². The predicted octanol–water partition coefficient (Wildman–Crippen LogP) is 2.97. The first-order valence-corrected chi connectivity index (χ1v) is 4.84. The Morgan fingerprint density at radius 1 is 1.06 bits per heavy atom. The SMILES string of the molecule is Fc1ccc(CNc2ccccn2)cc1F. The lowest BCUT2D eigenvalue weighted by Crippen LogP contribution is -2.01. The van der Waals surface area contributed by atoms with Crippen LogP contribution in [0.1, 0.15) is 5.56 Å². The standard InChI is InChI=1S/C12H10F2N2/c13-10-5-4-9(7-11(10)14)8-16-12-3-1-2-6-15-12/h1-7H,8H2,(H,15,16). The van der Waals surface area contributed by atoms with Crippen LogP contribution in [0.2, 0.25) is 0 Å². The Morgan fingerprint density at radius 3 is 2.62 bits per heavy atom. The first-order valence-electron chi connectivity index (χ1n) is 4.84. The number of nitrogens with one attached hydrogen (secondary N) is 1. The van der Waals surface area contributed by atoms with Crippen LogP contribution >= 0.6 is 0 Å². The van der Waals surface area contributed by atoms with Gasteiger partial charge in [0.1, 0.15) is 5.82 Å². The fourth-order valence-electron chi connectivity index (χ4n) is 1.31. The zero-order valence-electron chi connectivity index (χ0n) is 8.45. The van der Waals surface area contributed by atoms with Gasteiger partial charge in [-0.2, -0.15) is 0 Å². The first-order chi connectivity index (χ1) is 7.75. The number of rotatable bonds is 3. The predicted molar refractivity (Wildman–Crippen MR) is 57.9 cm³/mol. The summed E-state index contributed by atoms with van der Waals surface area (Å²) in [6, 6.07) is 9.29. The topological polar surface area (TPSA) is 24.9 Å². The Morgan fingerprint density at radius 2 is 1.94 bits per heavy atom. The van der Waals surface area contributed by atoms with E-state index in [4.69, 9.17) is 0 Å². The Kier molecular flexibility index (Phi) is 3.10. The normalized spacial score (nSPS) is 10.1. The fourth-order valence-corrected chi connectivity index (χ4v) is 1.31. The van der Waals surface area contributed by atoms with E-state index in [-0.39, 0.29) is 0 Å². The van der Waals surface area contributed by atoms with Crippen molar-refractivity contribution in [3.63, 3.8) is 0 Å². The molecule has 0 saturated heterocycles. The summed E-state index contributed by atoms with van der Waals surface area (Å²) in [6.45, 7) is 0.411. The molecule has 1 N–H and O–H groups in total. The van der Waals surface area contributed by atoms with Crippen LogP contribution in [0.4, 0.5) is 14.6 Å². The van der Waals surface area contributed by atoms with Gasteiger partial charge in [0, 0.05) is 12.7 Å². The lowest BCUT2D eigenvalue weighted by Gasteiger charge is -2.05. The zero-order chi connectivity index (χ0) is 11.4. The van der Waals surface area contributed by atoms with E-state index in [1.807, 2.05) is 12.1 Å². The molecule has 82 valence electrons. The highest BCUT2D eigenvalue weighted by Crippen LogP contribution is 2.10. The highest BCUT2D eigenvalue weighted by Gasteiger charge is 2.02. The van der Waals surface area contributed by atoms with Crippen molar-refractivity contribution < 1.29 is 8.78 Å². The molecule has 0 bridgehead atoms. The van der Waals surface area contributed by atoms with Gasteiger partial charge in [0.2, 0.25) is 0 Å². The van der Waals surface area contributed by atoms with Crippen LogP contribution in [0.25, 0.3) is 0 Å². The Labute approximate surface area is 92.0 Å².